The van der Waals surface area contributed by atoms with Gasteiger partial charge < -0.3 is 43.1 Å². The van der Waals surface area contributed by atoms with E-state index in [0.29, 0.717) is 45.0 Å². The van der Waals surface area contributed by atoms with Crippen LogP contribution in [0.1, 0.15) is 92.4 Å². The van der Waals surface area contributed by atoms with E-state index in [-0.39, 0.29) is 37.7 Å². The number of amides is 3. The van der Waals surface area contributed by atoms with E-state index in [0.717, 1.165) is 47.6 Å². The van der Waals surface area contributed by atoms with E-state index >= 15 is 0 Å². The number of carbonyl (C=O) groups is 3. The monoisotopic (exact) mass is 862 g/mol. The highest BCUT2D eigenvalue weighted by Crippen LogP contribution is 2.40. The minimum atomic E-state index is -1.12. The number of hydrogen-bond acceptors (Lipinski definition) is 13. The first-order valence-electron chi connectivity index (χ1n) is 21.0. The smallest absolute Gasteiger partial charge is 0.410 e. The molecule has 3 amide bonds. The molecule has 16 heteroatoms. The Morgan fingerprint density at radius 2 is 1.55 bits per heavy atom. The van der Waals surface area contributed by atoms with Gasteiger partial charge in [-0.2, -0.15) is 0 Å². The quantitative estimate of drug-likeness (QED) is 0.0710. The lowest BCUT2D eigenvalue weighted by molar-refractivity contribution is -0.763. The van der Waals surface area contributed by atoms with Gasteiger partial charge in [-0.25, -0.2) is 4.79 Å². The molecule has 2 heterocycles. The number of nitrogens with zero attached hydrogens (tertiary/aromatic N) is 3. The number of fused-ring (bicyclic) bond motifs is 1. The fourth-order valence-corrected chi connectivity index (χ4v) is 7.64. The van der Waals surface area contributed by atoms with Gasteiger partial charge in [0.05, 0.1) is 51.3 Å². The molecule has 0 aliphatic carbocycles. The first-order valence-corrected chi connectivity index (χ1v) is 21.0. The van der Waals surface area contributed by atoms with Crippen LogP contribution in [0.3, 0.4) is 0 Å². The topological polar surface area (TPSA) is 177 Å². The average Bonchev–Trinajstić information content (AvgIpc) is 3.23. The van der Waals surface area contributed by atoms with Gasteiger partial charge in [0, 0.05) is 50.3 Å². The largest absolute Gasteiger partial charge is 0.490 e. The van der Waals surface area contributed by atoms with Gasteiger partial charge in [0.25, 0.3) is 11.0 Å². The molecule has 62 heavy (non-hydrogen) atoms. The molecule has 0 aromatic heterocycles. The third-order valence-corrected chi connectivity index (χ3v) is 10.9. The zero-order chi connectivity index (χ0) is 44.9. The summed E-state index contributed by atoms with van der Waals surface area (Å²) in [6.45, 7) is 13.4. The molecular formula is C46H62N4O12. The molecule has 1 N–H and O–H groups in total. The second kappa shape index (κ2) is 22.2. The minimum Gasteiger partial charge on any atom is -0.490 e. The summed E-state index contributed by atoms with van der Waals surface area (Å²) in [7, 11) is 3.33. The molecule has 1 fully saturated rings. The molecule has 3 aromatic carbocycles. The van der Waals surface area contributed by atoms with Crippen molar-refractivity contribution < 1.29 is 52.7 Å². The molecule has 338 valence electrons. The minimum absolute atomic E-state index is 0.187. The van der Waals surface area contributed by atoms with Crippen LogP contribution in [-0.2, 0) is 53.1 Å². The molecule has 3 aromatic rings. The number of likely N-dealkylation sites (tertiary alicyclic amines) is 1. The van der Waals surface area contributed by atoms with Crippen LogP contribution in [0.2, 0.25) is 0 Å². The molecule has 2 aliphatic rings. The van der Waals surface area contributed by atoms with Gasteiger partial charge in [-0.1, -0.05) is 56.3 Å². The highest BCUT2D eigenvalue weighted by atomic mass is 16.9. The Morgan fingerprint density at radius 3 is 2.23 bits per heavy atom. The molecule has 0 saturated carbocycles. The summed E-state index contributed by atoms with van der Waals surface area (Å²) in [6.07, 6.45) is 0.556. The maximum atomic E-state index is 14.1. The van der Waals surface area contributed by atoms with Crippen molar-refractivity contribution in [2.45, 2.75) is 97.4 Å². The van der Waals surface area contributed by atoms with Crippen molar-refractivity contribution >= 4 is 23.6 Å². The second-order valence-corrected chi connectivity index (χ2v) is 17.3. The molecular weight excluding hydrogens is 801 g/mol. The van der Waals surface area contributed by atoms with Crippen molar-refractivity contribution in [3.8, 4) is 5.75 Å². The van der Waals surface area contributed by atoms with Gasteiger partial charge in [-0.15, -0.1) is 10.1 Å². The lowest BCUT2D eigenvalue weighted by Crippen LogP contribution is -2.55. The van der Waals surface area contributed by atoms with Gasteiger partial charge in [-0.05, 0) is 86.6 Å². The van der Waals surface area contributed by atoms with Gasteiger partial charge >= 0.3 is 6.09 Å². The Kier molecular flexibility index (Phi) is 17.1. The number of hydrogen-bond donors (Lipinski definition) is 1. The SMILES string of the molecule is COCCCN1CCOc2ccc(CO[C@H]3CN(C(=O)OC(C)(C)C)[C@@H](CC(C)(C)C(=O)NC(=O)c4ccc(CO[N+](=O)[O-])cc4)C[C@@H]3c3ccc(COCCOC)cc3)cc21. The summed E-state index contributed by atoms with van der Waals surface area (Å²) >= 11 is 0. The third kappa shape index (κ3) is 13.9. The first kappa shape index (κ1) is 47.8. The Hall–Kier alpha value is -5.29. The fraction of sp³-hybridized carbons (Fsp3) is 0.543. The number of imide groups is 1. The van der Waals surface area contributed by atoms with E-state index in [9.17, 15) is 24.5 Å². The number of nitrogens with one attached hydrogen (secondary N) is 1. The Morgan fingerprint density at radius 1 is 0.871 bits per heavy atom. The average molecular weight is 863 g/mol. The van der Waals surface area contributed by atoms with Crippen molar-refractivity contribution in [2.75, 3.05) is 65.2 Å². The number of piperidine rings is 1. The van der Waals surface area contributed by atoms with Crippen LogP contribution in [0, 0.1) is 15.5 Å². The fourth-order valence-electron chi connectivity index (χ4n) is 7.64. The molecule has 0 spiro atoms. The zero-order valence-electron chi connectivity index (χ0n) is 37.0. The summed E-state index contributed by atoms with van der Waals surface area (Å²) in [6, 6.07) is 19.8. The van der Waals surface area contributed by atoms with Crippen molar-refractivity contribution in [3.05, 3.63) is 105 Å². The predicted octanol–water partition coefficient (Wildman–Crippen LogP) is 6.84. The number of ether oxygens (including phenoxy) is 6. The molecule has 2 aliphatic heterocycles. The van der Waals surface area contributed by atoms with Crippen molar-refractivity contribution in [3.63, 3.8) is 0 Å². The van der Waals surface area contributed by atoms with E-state index in [2.05, 4.69) is 33.3 Å². The van der Waals surface area contributed by atoms with Crippen LogP contribution in [0.4, 0.5) is 10.5 Å². The molecule has 5 rings (SSSR count). The van der Waals surface area contributed by atoms with E-state index in [1.807, 2.05) is 45.0 Å². The summed E-state index contributed by atoms with van der Waals surface area (Å²) in [5, 5.41) is 12.2. The van der Waals surface area contributed by atoms with E-state index in [1.54, 1.807) is 33.0 Å². The van der Waals surface area contributed by atoms with E-state index < -0.39 is 46.2 Å². The molecule has 3 atom stereocenters. The number of benzene rings is 3. The predicted molar refractivity (Wildman–Crippen MR) is 230 cm³/mol. The zero-order valence-corrected chi connectivity index (χ0v) is 37.0. The van der Waals surface area contributed by atoms with E-state index in [4.69, 9.17) is 28.4 Å². The molecule has 0 bridgehead atoms. The molecule has 0 radical (unpaired) electrons. The highest BCUT2D eigenvalue weighted by Gasteiger charge is 2.44. The Balaban J connectivity index is 1.39. The van der Waals surface area contributed by atoms with Crippen LogP contribution in [-0.4, -0.2) is 106 Å². The van der Waals surface area contributed by atoms with Crippen LogP contribution in [0.25, 0.3) is 0 Å². The molecule has 0 unspecified atom stereocenters. The van der Waals surface area contributed by atoms with Gasteiger partial charge in [0.2, 0.25) is 5.91 Å². The standard InChI is InChI=1S/C46H62N4O12/c1-45(2,3)62-44(53)49-28-41(60-30-34-13-18-40-39(25-34)48(20-22-59-40)19-8-21-56-6)38(35-14-9-32(10-15-35)29-58-24-23-57-7)26-37(49)27-46(4,5)43(52)47-42(51)36-16-11-33(12-17-36)31-61-50(54)55/h9-18,25,37-38,41H,8,19-24,26-31H2,1-7H3,(H,47,51,52)/t37-,38-,41+/m1/s1. The normalized spacial score (nSPS) is 17.8. The third-order valence-electron chi connectivity index (χ3n) is 10.9. The lowest BCUT2D eigenvalue weighted by atomic mass is 9.76. The molecule has 1 saturated heterocycles. The van der Waals surface area contributed by atoms with Gasteiger partial charge in [0.15, 0.2) is 0 Å². The maximum absolute atomic E-state index is 14.1. The number of carbonyl (C=O) groups excluding carboxylic acids is 3. The van der Waals surface area contributed by atoms with Crippen LogP contribution < -0.4 is 15.0 Å². The number of methoxy groups -OCH3 is 2. The number of rotatable bonds is 20. The summed E-state index contributed by atoms with van der Waals surface area (Å²) < 4.78 is 34.9. The summed E-state index contributed by atoms with van der Waals surface area (Å²) in [5.41, 5.74) is 2.75. The first-order chi connectivity index (χ1) is 29.6. The van der Waals surface area contributed by atoms with Crippen LogP contribution in [0.5, 0.6) is 5.75 Å². The summed E-state index contributed by atoms with van der Waals surface area (Å²) in [4.78, 5) is 60.2. The van der Waals surface area contributed by atoms with E-state index in [1.165, 1.54) is 24.3 Å². The summed E-state index contributed by atoms with van der Waals surface area (Å²) in [5.74, 6) is -0.508. The van der Waals surface area contributed by atoms with Gasteiger partial charge in [0.1, 0.15) is 24.6 Å². The number of anilines is 1. The van der Waals surface area contributed by atoms with Crippen molar-refractivity contribution in [2.24, 2.45) is 5.41 Å². The van der Waals surface area contributed by atoms with Crippen LogP contribution >= 0.6 is 0 Å². The maximum Gasteiger partial charge on any atom is 0.410 e. The van der Waals surface area contributed by atoms with Crippen molar-refractivity contribution in [1.29, 1.82) is 0 Å². The lowest BCUT2D eigenvalue weighted by Gasteiger charge is -2.46. The van der Waals surface area contributed by atoms with Gasteiger partial charge in [-0.3, -0.25) is 14.9 Å². The van der Waals surface area contributed by atoms with Crippen molar-refractivity contribution in [1.82, 2.24) is 10.2 Å². The highest BCUT2D eigenvalue weighted by molar-refractivity contribution is 6.06. The second-order valence-electron chi connectivity index (χ2n) is 17.3. The molecule has 16 nitrogen and oxygen atoms in total. The Labute approximate surface area is 364 Å². The Bertz CT molecular complexity index is 1950. The van der Waals surface area contributed by atoms with Crippen LogP contribution in [0.15, 0.2) is 66.7 Å².